The average Bonchev–Trinajstić information content (AvgIpc) is 3.51. The molecule has 0 bridgehead atoms. The molecular weight excluding hydrogens is 472 g/mol. The zero-order valence-electron chi connectivity index (χ0n) is 21.0. The van der Waals surface area contributed by atoms with Crippen molar-refractivity contribution < 1.29 is 14.6 Å². The van der Waals surface area contributed by atoms with Crippen molar-refractivity contribution in [3.63, 3.8) is 0 Å². The number of pyridine rings is 1. The molecule has 0 radical (unpaired) electrons. The number of aliphatic hydroxyl groups is 1. The average molecular weight is 503 g/mol. The van der Waals surface area contributed by atoms with Crippen LogP contribution in [0.5, 0.6) is 5.75 Å². The third-order valence-electron chi connectivity index (χ3n) is 6.41. The maximum absolute atomic E-state index is 12.7. The van der Waals surface area contributed by atoms with Crippen LogP contribution in [0.15, 0.2) is 49.1 Å². The summed E-state index contributed by atoms with van der Waals surface area (Å²) >= 11 is 0. The number of ketones is 1. The van der Waals surface area contributed by atoms with Crippen LogP contribution in [0.4, 0.5) is 23.0 Å². The molecule has 1 aliphatic rings. The highest BCUT2D eigenvalue weighted by atomic mass is 16.5. The minimum Gasteiger partial charge on any atom is -0.494 e. The Balaban J connectivity index is 1.41. The van der Waals surface area contributed by atoms with Crippen LogP contribution in [0.2, 0.25) is 0 Å². The first-order valence-corrected chi connectivity index (χ1v) is 12.2. The summed E-state index contributed by atoms with van der Waals surface area (Å²) in [5.41, 5.74) is 2.47. The van der Waals surface area contributed by atoms with E-state index in [0.29, 0.717) is 52.5 Å². The van der Waals surface area contributed by atoms with Crippen molar-refractivity contribution in [2.45, 2.75) is 38.8 Å². The van der Waals surface area contributed by atoms with Gasteiger partial charge in [-0.3, -0.25) is 14.2 Å². The number of nitrogens with zero attached hydrogens (tertiary/aromatic N) is 6. The number of aromatic nitrogens is 6. The van der Waals surface area contributed by atoms with E-state index < -0.39 is 0 Å². The molecule has 0 aliphatic heterocycles. The molecule has 0 unspecified atom stereocenters. The smallest absolute Gasteiger partial charge is 0.184 e. The van der Waals surface area contributed by atoms with Gasteiger partial charge in [-0.15, -0.1) is 0 Å². The number of nitrogens with one attached hydrogen (secondary N) is 2. The van der Waals surface area contributed by atoms with Gasteiger partial charge in [-0.05, 0) is 30.9 Å². The number of anilines is 4. The largest absolute Gasteiger partial charge is 0.494 e. The topological polar surface area (TPSA) is 132 Å². The molecule has 37 heavy (non-hydrogen) atoms. The highest BCUT2D eigenvalue weighted by Gasteiger charge is 2.27. The summed E-state index contributed by atoms with van der Waals surface area (Å²) in [6.45, 7) is 2.59. The molecule has 3 aromatic heterocycles. The maximum atomic E-state index is 12.7. The molecule has 3 N–H and O–H groups in total. The fourth-order valence-corrected chi connectivity index (χ4v) is 4.45. The van der Waals surface area contributed by atoms with E-state index in [1.165, 1.54) is 0 Å². The molecule has 11 nitrogen and oxygen atoms in total. The van der Waals surface area contributed by atoms with Crippen molar-refractivity contribution in [2.75, 3.05) is 17.7 Å². The number of aliphatic hydroxyl groups excluding tert-OH is 1. The number of carbonyl (C=O) groups excluding carboxylic acids is 1. The van der Waals surface area contributed by atoms with Crippen molar-refractivity contribution in [1.82, 2.24) is 29.5 Å². The Bertz CT molecular complexity index is 1410. The molecule has 1 aliphatic carbocycles. The normalized spacial score (nSPS) is 16.8. The highest BCUT2D eigenvalue weighted by molar-refractivity contribution is 6.02. The van der Waals surface area contributed by atoms with E-state index in [9.17, 15) is 9.90 Å². The summed E-state index contributed by atoms with van der Waals surface area (Å²) in [7, 11) is 3.39. The van der Waals surface area contributed by atoms with E-state index in [1.54, 1.807) is 37.4 Å². The van der Waals surface area contributed by atoms with Crippen LogP contribution in [-0.2, 0) is 13.6 Å². The lowest BCUT2D eigenvalue weighted by atomic mass is 9.82. The predicted molar refractivity (Wildman–Crippen MR) is 139 cm³/mol. The first kappa shape index (κ1) is 24.4. The van der Waals surface area contributed by atoms with Gasteiger partial charge in [0, 0.05) is 44.5 Å². The van der Waals surface area contributed by atoms with Gasteiger partial charge in [0.25, 0.3) is 0 Å². The first-order chi connectivity index (χ1) is 17.9. The molecule has 192 valence electrons. The van der Waals surface area contributed by atoms with Crippen molar-refractivity contribution >= 4 is 28.8 Å². The van der Waals surface area contributed by atoms with E-state index in [-0.39, 0.29) is 11.9 Å². The number of hydrogen-bond acceptors (Lipinski definition) is 9. The summed E-state index contributed by atoms with van der Waals surface area (Å²) < 4.78 is 9.22. The zero-order valence-corrected chi connectivity index (χ0v) is 21.0. The summed E-state index contributed by atoms with van der Waals surface area (Å²) in [6, 6.07) is 9.30. The lowest BCUT2D eigenvalue weighted by Crippen LogP contribution is -2.31. The van der Waals surface area contributed by atoms with E-state index in [0.717, 1.165) is 24.9 Å². The number of benzene rings is 1. The number of Topliss-reactive ketones (excluding diaryl/α,β-unsaturated/α-hetero) is 1. The second-order valence-corrected chi connectivity index (χ2v) is 9.18. The minimum atomic E-state index is -0.183. The number of ether oxygens (including phenoxy) is 1. The Labute approximate surface area is 214 Å². The van der Waals surface area contributed by atoms with Crippen LogP contribution in [0.1, 0.15) is 36.5 Å². The van der Waals surface area contributed by atoms with Crippen LogP contribution in [0.3, 0.4) is 0 Å². The van der Waals surface area contributed by atoms with E-state index >= 15 is 0 Å². The van der Waals surface area contributed by atoms with E-state index in [4.69, 9.17) is 4.74 Å². The Hall–Kier alpha value is -4.25. The summed E-state index contributed by atoms with van der Waals surface area (Å²) in [4.78, 5) is 21.5. The lowest BCUT2D eigenvalue weighted by Gasteiger charge is -2.31. The highest BCUT2D eigenvalue weighted by Crippen LogP contribution is 2.37. The molecule has 1 saturated carbocycles. The predicted octanol–water partition coefficient (Wildman–Crippen LogP) is 3.93. The number of hydrogen-bond donors (Lipinski definition) is 3. The molecule has 0 saturated heterocycles. The van der Waals surface area contributed by atoms with Gasteiger partial charge < -0.3 is 20.5 Å². The quantitative estimate of drug-likeness (QED) is 0.276. The van der Waals surface area contributed by atoms with Crippen molar-refractivity contribution in [2.24, 2.45) is 13.0 Å². The molecule has 0 amide bonds. The third kappa shape index (κ3) is 5.31. The second-order valence-electron chi connectivity index (χ2n) is 9.18. The SMILES string of the molecule is CCC(=O)c1cnc(Nc2ccn(C[C@H]3C[C@@H](O)C3)n2)cc1Nc1cccc(-c2ncn(C)n2)c1OC. The molecular formula is C26H30N8O3. The zero-order chi connectivity index (χ0) is 25.9. The van der Waals surface area contributed by atoms with Gasteiger partial charge in [0.2, 0.25) is 0 Å². The van der Waals surface area contributed by atoms with Gasteiger partial charge in [-0.1, -0.05) is 13.0 Å². The third-order valence-corrected chi connectivity index (χ3v) is 6.41. The van der Waals surface area contributed by atoms with Gasteiger partial charge >= 0.3 is 0 Å². The summed E-state index contributed by atoms with van der Waals surface area (Å²) in [6.07, 6.45) is 6.89. The summed E-state index contributed by atoms with van der Waals surface area (Å²) in [5.74, 6) is 2.71. The number of para-hydroxylation sites is 1. The van der Waals surface area contributed by atoms with Crippen LogP contribution >= 0.6 is 0 Å². The van der Waals surface area contributed by atoms with Crippen LogP contribution in [0.25, 0.3) is 11.4 Å². The first-order valence-electron chi connectivity index (χ1n) is 12.2. The van der Waals surface area contributed by atoms with Gasteiger partial charge in [-0.2, -0.15) is 10.2 Å². The fraction of sp³-hybridized carbons (Fsp3) is 0.346. The fourth-order valence-electron chi connectivity index (χ4n) is 4.45. The number of carbonyl (C=O) groups is 1. The lowest BCUT2D eigenvalue weighted by molar-refractivity contribution is 0.0337. The van der Waals surface area contributed by atoms with Crippen molar-refractivity contribution in [3.8, 4) is 17.1 Å². The van der Waals surface area contributed by atoms with E-state index in [1.807, 2.05) is 42.1 Å². The maximum Gasteiger partial charge on any atom is 0.184 e. The van der Waals surface area contributed by atoms with E-state index in [2.05, 4.69) is 30.8 Å². The molecule has 0 atom stereocenters. The molecule has 11 heteroatoms. The molecule has 5 rings (SSSR count). The van der Waals surface area contributed by atoms with Gasteiger partial charge in [0.05, 0.1) is 35.7 Å². The molecule has 4 aromatic rings. The molecule has 1 fully saturated rings. The Morgan fingerprint density at radius 3 is 2.68 bits per heavy atom. The summed E-state index contributed by atoms with van der Waals surface area (Å²) in [5, 5.41) is 25.1. The van der Waals surface area contributed by atoms with Gasteiger partial charge in [-0.25, -0.2) is 9.97 Å². The molecule has 0 spiro atoms. The van der Waals surface area contributed by atoms with Crippen LogP contribution in [-0.4, -0.2) is 53.6 Å². The number of methoxy groups -OCH3 is 1. The van der Waals surface area contributed by atoms with Crippen molar-refractivity contribution in [3.05, 3.63) is 54.6 Å². The van der Waals surface area contributed by atoms with Crippen molar-refractivity contribution in [1.29, 1.82) is 0 Å². The standard InChI is InChI=1S/C26H30N8O3/c1-4-22(36)19-13-27-24(30-23-8-9-34(31-23)14-16-10-17(35)11-16)12-21(19)29-20-7-5-6-18(25(20)37-3)26-28-15-33(2)32-26/h5-9,12-13,15-17,35H,4,10-11,14H2,1-3H3,(H2,27,29,30,31)/t16-,17+. The second kappa shape index (κ2) is 10.4. The van der Waals surface area contributed by atoms with Crippen LogP contribution < -0.4 is 15.4 Å². The molecule has 1 aromatic carbocycles. The molecule has 3 heterocycles. The van der Waals surface area contributed by atoms with Crippen LogP contribution in [0, 0.1) is 5.92 Å². The minimum absolute atomic E-state index is 0.0324. The Morgan fingerprint density at radius 1 is 1.14 bits per heavy atom. The van der Waals surface area contributed by atoms with Gasteiger partial charge in [0.1, 0.15) is 12.1 Å². The number of rotatable bonds is 10. The Kier molecular flexibility index (Phi) is 6.87. The monoisotopic (exact) mass is 502 g/mol. The van der Waals surface area contributed by atoms with Gasteiger partial charge in [0.15, 0.2) is 23.2 Å². The Morgan fingerprint density at radius 2 is 1.97 bits per heavy atom. The number of aryl methyl sites for hydroxylation is 1.